The Morgan fingerprint density at radius 2 is 0.913 bits per heavy atom. The van der Waals surface area contributed by atoms with Crippen LogP contribution in [0.4, 0.5) is 0 Å². The van der Waals surface area contributed by atoms with Crippen molar-refractivity contribution < 1.29 is 10.2 Å². The highest BCUT2D eigenvalue weighted by atomic mass is 16.3. The molecule has 5 aromatic rings. The van der Waals surface area contributed by atoms with Crippen molar-refractivity contribution in [2.45, 2.75) is 85.0 Å². The fraction of sp³-hybridized carbons (Fsp3) is 0.318. The molecule has 2 nitrogen and oxygen atoms in total. The zero-order valence-electron chi connectivity index (χ0n) is 29.0. The lowest BCUT2D eigenvalue weighted by Gasteiger charge is -2.35. The highest BCUT2D eigenvalue weighted by Gasteiger charge is 2.33. The summed E-state index contributed by atoms with van der Waals surface area (Å²) in [6.45, 7) is 20.0. The minimum atomic E-state index is -0.313. The number of aromatic hydroxyl groups is 2. The van der Waals surface area contributed by atoms with Gasteiger partial charge in [-0.05, 0) is 68.0 Å². The van der Waals surface area contributed by atoms with Crippen LogP contribution in [0.3, 0.4) is 0 Å². The molecular formula is C44H50O2. The second-order valence-electron chi connectivity index (χ2n) is 15.3. The second kappa shape index (κ2) is 12.5. The van der Waals surface area contributed by atoms with Gasteiger partial charge in [0.25, 0.3) is 0 Å². The molecule has 0 saturated carbocycles. The van der Waals surface area contributed by atoms with E-state index < -0.39 is 0 Å². The van der Waals surface area contributed by atoms with E-state index >= 15 is 0 Å². The molecule has 1 atom stereocenters. The van der Waals surface area contributed by atoms with Gasteiger partial charge in [0.2, 0.25) is 0 Å². The first-order valence-electron chi connectivity index (χ1n) is 16.5. The summed E-state index contributed by atoms with van der Waals surface area (Å²) in [6, 6.07) is 40.4. The van der Waals surface area contributed by atoms with E-state index in [4.69, 9.17) is 0 Å². The summed E-state index contributed by atoms with van der Waals surface area (Å²) >= 11 is 0. The summed E-state index contributed by atoms with van der Waals surface area (Å²) in [5.41, 5.74) is 9.59. The number of hydrogen-bond donors (Lipinski definition) is 2. The maximum Gasteiger partial charge on any atom is 0.119 e. The van der Waals surface area contributed by atoms with Gasteiger partial charge in [-0.3, -0.25) is 0 Å². The van der Waals surface area contributed by atoms with Crippen LogP contribution in [0.1, 0.15) is 113 Å². The molecule has 2 N–H and O–H groups in total. The van der Waals surface area contributed by atoms with Gasteiger partial charge in [0.1, 0.15) is 11.5 Å². The van der Waals surface area contributed by atoms with Crippen LogP contribution in [0.5, 0.6) is 11.5 Å². The summed E-state index contributed by atoms with van der Waals surface area (Å²) in [6.07, 6.45) is 0. The van der Waals surface area contributed by atoms with Gasteiger partial charge in [0.15, 0.2) is 0 Å². The Morgan fingerprint density at radius 3 is 1.41 bits per heavy atom. The molecule has 46 heavy (non-hydrogen) atoms. The lowest BCUT2D eigenvalue weighted by Crippen LogP contribution is -2.24. The number of hydrogen-bond acceptors (Lipinski definition) is 2. The Balaban J connectivity index is 1.53. The third-order valence-electron chi connectivity index (χ3n) is 9.95. The molecule has 0 bridgehead atoms. The van der Waals surface area contributed by atoms with Gasteiger partial charge >= 0.3 is 0 Å². The highest BCUT2D eigenvalue weighted by Crippen LogP contribution is 2.46. The van der Waals surface area contributed by atoms with E-state index in [-0.39, 0.29) is 28.1 Å². The van der Waals surface area contributed by atoms with Crippen molar-refractivity contribution in [3.63, 3.8) is 0 Å². The summed E-state index contributed by atoms with van der Waals surface area (Å²) in [5.74, 6) is 0.925. The molecule has 0 heterocycles. The first-order valence-corrected chi connectivity index (χ1v) is 16.5. The maximum absolute atomic E-state index is 11.3. The number of phenolic OH excluding ortho intramolecular Hbond substituents is 2. The van der Waals surface area contributed by atoms with Crippen molar-refractivity contribution in [2.24, 2.45) is 5.41 Å². The van der Waals surface area contributed by atoms with Crippen LogP contribution >= 0.6 is 0 Å². The summed E-state index contributed by atoms with van der Waals surface area (Å²) < 4.78 is 0. The van der Waals surface area contributed by atoms with Crippen molar-refractivity contribution in [3.8, 4) is 22.6 Å². The van der Waals surface area contributed by atoms with Gasteiger partial charge in [0, 0.05) is 22.3 Å². The van der Waals surface area contributed by atoms with Gasteiger partial charge in [0.05, 0.1) is 0 Å². The maximum atomic E-state index is 11.3. The number of phenols is 2. The predicted octanol–water partition coefficient (Wildman–Crippen LogP) is 11.7. The van der Waals surface area contributed by atoms with E-state index in [2.05, 4.69) is 153 Å². The van der Waals surface area contributed by atoms with Gasteiger partial charge in [-0.15, -0.1) is 0 Å². The van der Waals surface area contributed by atoms with E-state index in [0.717, 1.165) is 16.7 Å². The third kappa shape index (κ3) is 6.49. The quantitative estimate of drug-likeness (QED) is 0.183. The van der Waals surface area contributed by atoms with Crippen LogP contribution in [0.25, 0.3) is 11.1 Å². The Bertz CT molecular complexity index is 1800. The molecule has 0 radical (unpaired) electrons. The van der Waals surface area contributed by atoms with E-state index in [1.54, 1.807) is 0 Å². The molecule has 0 aliphatic rings. The van der Waals surface area contributed by atoms with Crippen molar-refractivity contribution in [1.82, 2.24) is 0 Å². The van der Waals surface area contributed by atoms with Gasteiger partial charge in [-0.25, -0.2) is 0 Å². The van der Waals surface area contributed by atoms with Crippen LogP contribution in [0.2, 0.25) is 0 Å². The standard InChI is InChI=1S/C44H50O2/c1-29(2)37-27-35(22-24-39(37)45)43(6,7)33-16-13-17-34(26-33)44(8,9)36-23-25-40(46)38(28-36)41(42(3,4)5)32-20-18-31(19-21-32)30-14-11-10-12-15-30/h10-29,41,45-46H,1-9H3. The van der Waals surface area contributed by atoms with Crippen LogP contribution < -0.4 is 0 Å². The number of benzene rings is 5. The molecule has 238 valence electrons. The van der Waals surface area contributed by atoms with Crippen molar-refractivity contribution in [2.75, 3.05) is 0 Å². The molecule has 1 unspecified atom stereocenters. The third-order valence-corrected chi connectivity index (χ3v) is 9.95. The van der Waals surface area contributed by atoms with Crippen molar-refractivity contribution in [1.29, 1.82) is 0 Å². The van der Waals surface area contributed by atoms with Crippen LogP contribution in [0, 0.1) is 5.41 Å². The molecule has 5 aromatic carbocycles. The zero-order valence-corrected chi connectivity index (χ0v) is 29.0. The second-order valence-corrected chi connectivity index (χ2v) is 15.3. The van der Waals surface area contributed by atoms with Gasteiger partial charge in [-0.2, -0.15) is 0 Å². The smallest absolute Gasteiger partial charge is 0.119 e. The molecule has 0 spiro atoms. The topological polar surface area (TPSA) is 40.5 Å². The molecule has 0 fully saturated rings. The predicted molar refractivity (Wildman–Crippen MR) is 194 cm³/mol. The van der Waals surface area contributed by atoms with E-state index in [9.17, 15) is 10.2 Å². The summed E-state index contributed by atoms with van der Waals surface area (Å²) in [7, 11) is 0. The summed E-state index contributed by atoms with van der Waals surface area (Å²) in [5, 5.41) is 21.8. The fourth-order valence-corrected chi connectivity index (χ4v) is 6.85. The first kappa shape index (κ1) is 33.1. The molecule has 0 amide bonds. The molecular weight excluding hydrogens is 560 g/mol. The number of rotatable bonds is 8. The molecule has 0 aromatic heterocycles. The Kier molecular flexibility index (Phi) is 8.97. The Morgan fingerprint density at radius 1 is 0.457 bits per heavy atom. The van der Waals surface area contributed by atoms with Crippen LogP contribution in [-0.4, -0.2) is 10.2 Å². The van der Waals surface area contributed by atoms with E-state index in [0.29, 0.717) is 11.5 Å². The summed E-state index contributed by atoms with van der Waals surface area (Å²) in [4.78, 5) is 0. The Labute approximate surface area is 276 Å². The lowest BCUT2D eigenvalue weighted by atomic mass is 9.69. The highest BCUT2D eigenvalue weighted by molar-refractivity contribution is 5.64. The SMILES string of the molecule is CC(C)c1cc(C(C)(C)c2cccc(C(C)(C)c3ccc(O)c(C(c4ccc(-c5ccccc5)cc4)C(C)(C)C)c3)c2)ccc1O. The molecule has 0 aliphatic heterocycles. The fourth-order valence-electron chi connectivity index (χ4n) is 6.85. The molecule has 0 saturated heterocycles. The van der Waals surface area contributed by atoms with Crippen molar-refractivity contribution >= 4 is 0 Å². The zero-order chi connectivity index (χ0) is 33.4. The molecule has 2 heteroatoms. The van der Waals surface area contributed by atoms with E-state index in [1.807, 2.05) is 24.3 Å². The van der Waals surface area contributed by atoms with E-state index in [1.165, 1.54) is 33.4 Å². The normalized spacial score (nSPS) is 13.2. The molecule has 0 aliphatic carbocycles. The monoisotopic (exact) mass is 610 g/mol. The van der Waals surface area contributed by atoms with Crippen LogP contribution in [0.15, 0.2) is 115 Å². The van der Waals surface area contributed by atoms with Crippen molar-refractivity contribution in [3.05, 3.63) is 154 Å². The lowest BCUT2D eigenvalue weighted by molar-refractivity contribution is 0.347. The Hall–Kier alpha value is -4.30. The van der Waals surface area contributed by atoms with Gasteiger partial charge < -0.3 is 10.2 Å². The first-order chi connectivity index (χ1) is 21.6. The minimum absolute atomic E-state index is 0.00277. The average Bonchev–Trinajstić information content (AvgIpc) is 3.02. The molecule has 5 rings (SSSR count). The van der Waals surface area contributed by atoms with Gasteiger partial charge in [-0.1, -0.05) is 165 Å². The average molecular weight is 611 g/mol. The van der Waals surface area contributed by atoms with Crippen LogP contribution in [-0.2, 0) is 10.8 Å². The largest absolute Gasteiger partial charge is 0.508 e. The minimum Gasteiger partial charge on any atom is -0.508 e.